The van der Waals surface area contributed by atoms with Gasteiger partial charge in [-0.3, -0.25) is 4.79 Å². The second-order valence-corrected chi connectivity index (χ2v) is 8.01. The molecule has 0 aromatic heterocycles. The summed E-state index contributed by atoms with van der Waals surface area (Å²) in [7, 11) is -3.13. The summed E-state index contributed by atoms with van der Waals surface area (Å²) in [5.41, 5.74) is 1.79. The van der Waals surface area contributed by atoms with E-state index in [-0.39, 0.29) is 18.2 Å². The highest BCUT2D eigenvalue weighted by Crippen LogP contribution is 2.26. The van der Waals surface area contributed by atoms with E-state index >= 15 is 0 Å². The van der Waals surface area contributed by atoms with Crippen LogP contribution < -0.4 is 5.32 Å². The summed E-state index contributed by atoms with van der Waals surface area (Å²) in [5, 5.41) is 2.56. The smallest absolute Gasteiger partial charge is 0.227 e. The molecule has 0 aliphatic rings. The average molecular weight is 349 g/mol. The van der Waals surface area contributed by atoms with Crippen LogP contribution in [0.15, 0.2) is 48.5 Å². The lowest BCUT2D eigenvalue weighted by Crippen LogP contribution is -2.32. The van der Waals surface area contributed by atoms with Crippen LogP contribution in [0.25, 0.3) is 11.1 Å². The van der Waals surface area contributed by atoms with Crippen LogP contribution in [0.1, 0.15) is 18.4 Å². The maximum atomic E-state index is 14.4. The molecule has 0 aliphatic carbocycles. The molecule has 1 amide bonds. The summed E-state index contributed by atoms with van der Waals surface area (Å²) >= 11 is 0. The van der Waals surface area contributed by atoms with Gasteiger partial charge in [0.15, 0.2) is 0 Å². The molecule has 0 aliphatic heterocycles. The highest BCUT2D eigenvalue weighted by atomic mass is 32.2. The first-order valence-electron chi connectivity index (χ1n) is 7.58. The van der Waals surface area contributed by atoms with Crippen molar-refractivity contribution >= 4 is 15.7 Å². The minimum atomic E-state index is -3.13. The molecule has 0 heterocycles. The number of carbonyl (C=O) groups excluding carboxylic acids is 1. The fraction of sp³-hybridized carbons (Fsp3) is 0.278. The van der Waals surface area contributed by atoms with E-state index in [1.807, 2.05) is 30.3 Å². The van der Waals surface area contributed by atoms with Crippen LogP contribution in [-0.4, -0.2) is 32.9 Å². The first-order chi connectivity index (χ1) is 11.3. The van der Waals surface area contributed by atoms with Crippen molar-refractivity contribution in [2.24, 2.45) is 0 Å². The Morgan fingerprint density at radius 3 is 2.42 bits per heavy atom. The predicted molar refractivity (Wildman–Crippen MR) is 93.0 cm³/mol. The Bertz CT molecular complexity index is 819. The molecule has 4 nitrogen and oxygen atoms in total. The summed E-state index contributed by atoms with van der Waals surface area (Å²) < 4.78 is 36.5. The van der Waals surface area contributed by atoms with Gasteiger partial charge in [-0.1, -0.05) is 42.5 Å². The molecule has 0 bridgehead atoms. The Kier molecular flexibility index (Phi) is 5.72. The Balaban J connectivity index is 2.09. The molecule has 0 saturated heterocycles. The molecule has 0 spiro atoms. The maximum absolute atomic E-state index is 14.4. The molecule has 1 unspecified atom stereocenters. The zero-order valence-electron chi connectivity index (χ0n) is 13.6. The van der Waals surface area contributed by atoms with E-state index in [2.05, 4.69) is 5.32 Å². The van der Waals surface area contributed by atoms with Gasteiger partial charge in [0.05, 0.1) is 11.7 Å². The molecule has 2 aromatic carbocycles. The number of nitrogens with one attached hydrogen (secondary N) is 1. The van der Waals surface area contributed by atoms with Gasteiger partial charge in [-0.25, -0.2) is 12.8 Å². The van der Waals surface area contributed by atoms with E-state index in [0.29, 0.717) is 11.1 Å². The number of sulfone groups is 1. The number of amides is 1. The van der Waals surface area contributed by atoms with E-state index in [4.69, 9.17) is 0 Å². The van der Waals surface area contributed by atoms with Gasteiger partial charge in [0.2, 0.25) is 5.91 Å². The van der Waals surface area contributed by atoms with Gasteiger partial charge in [-0.05, 0) is 24.1 Å². The zero-order chi connectivity index (χ0) is 17.7. The topological polar surface area (TPSA) is 63.2 Å². The molecule has 1 atom stereocenters. The van der Waals surface area contributed by atoms with Crippen molar-refractivity contribution in [2.45, 2.75) is 12.8 Å². The number of carbonyl (C=O) groups is 1. The molecule has 128 valence electrons. The molecule has 2 rings (SSSR count). The lowest BCUT2D eigenvalue weighted by molar-refractivity contribution is -0.122. The largest absolute Gasteiger partial charge is 0.355 e. The van der Waals surface area contributed by atoms with Crippen molar-refractivity contribution in [3.05, 3.63) is 59.9 Å². The quantitative estimate of drug-likeness (QED) is 0.872. The SMILES string of the molecule is CC(C(=O)NCCS(C)(=O)=O)c1ccc(-c2ccccc2)c(F)c1. The Morgan fingerprint density at radius 2 is 1.83 bits per heavy atom. The molecule has 0 radical (unpaired) electrons. The Labute approximate surface area is 141 Å². The summed E-state index contributed by atoms with van der Waals surface area (Å²) in [5.74, 6) is -1.41. The van der Waals surface area contributed by atoms with Crippen LogP contribution in [0.5, 0.6) is 0 Å². The van der Waals surface area contributed by atoms with Crippen molar-refractivity contribution < 1.29 is 17.6 Å². The lowest BCUT2D eigenvalue weighted by atomic mass is 9.96. The van der Waals surface area contributed by atoms with Gasteiger partial charge < -0.3 is 5.32 Å². The lowest BCUT2D eigenvalue weighted by Gasteiger charge is -2.14. The summed E-state index contributed by atoms with van der Waals surface area (Å²) in [6.45, 7) is 1.71. The van der Waals surface area contributed by atoms with E-state index < -0.39 is 21.6 Å². The second-order valence-electron chi connectivity index (χ2n) is 5.75. The number of halogens is 1. The van der Waals surface area contributed by atoms with Crippen LogP contribution in [0.3, 0.4) is 0 Å². The first-order valence-corrected chi connectivity index (χ1v) is 9.64. The molecule has 2 aromatic rings. The molecule has 6 heteroatoms. The highest BCUT2D eigenvalue weighted by molar-refractivity contribution is 7.90. The third-order valence-electron chi connectivity index (χ3n) is 3.74. The van der Waals surface area contributed by atoms with Crippen LogP contribution in [0, 0.1) is 5.82 Å². The zero-order valence-corrected chi connectivity index (χ0v) is 14.4. The third-order valence-corrected chi connectivity index (χ3v) is 4.69. The molecule has 0 fully saturated rings. The number of hydrogen-bond donors (Lipinski definition) is 1. The van der Waals surface area contributed by atoms with Crippen molar-refractivity contribution in [1.82, 2.24) is 5.32 Å². The number of hydrogen-bond acceptors (Lipinski definition) is 3. The summed E-state index contributed by atoms with van der Waals surface area (Å²) in [6, 6.07) is 13.9. The van der Waals surface area contributed by atoms with Gasteiger partial charge in [-0.15, -0.1) is 0 Å². The van der Waals surface area contributed by atoms with Crippen LogP contribution in [-0.2, 0) is 14.6 Å². The van der Waals surface area contributed by atoms with Gasteiger partial charge in [0, 0.05) is 18.4 Å². The second kappa shape index (κ2) is 7.57. The van der Waals surface area contributed by atoms with Gasteiger partial charge >= 0.3 is 0 Å². The van der Waals surface area contributed by atoms with Crippen molar-refractivity contribution in [1.29, 1.82) is 0 Å². The average Bonchev–Trinajstić information content (AvgIpc) is 2.53. The maximum Gasteiger partial charge on any atom is 0.227 e. The minimum absolute atomic E-state index is 0.0482. The Hall–Kier alpha value is -2.21. The molecule has 0 saturated carbocycles. The molecular formula is C18H20FNO3S. The number of benzene rings is 2. The van der Waals surface area contributed by atoms with Gasteiger partial charge in [-0.2, -0.15) is 0 Å². The standard InChI is InChI=1S/C18H20FNO3S/c1-13(18(21)20-10-11-24(2,22)23)15-8-9-16(17(19)12-15)14-6-4-3-5-7-14/h3-9,12-13H,10-11H2,1-2H3,(H,20,21). The van der Waals surface area contributed by atoms with Crippen LogP contribution in [0.4, 0.5) is 4.39 Å². The monoisotopic (exact) mass is 349 g/mol. The predicted octanol–water partition coefficient (Wildman–Crippen LogP) is 2.76. The van der Waals surface area contributed by atoms with Crippen LogP contribution in [0.2, 0.25) is 0 Å². The Morgan fingerprint density at radius 1 is 1.17 bits per heavy atom. The van der Waals surface area contributed by atoms with Gasteiger partial charge in [0.25, 0.3) is 0 Å². The van der Waals surface area contributed by atoms with E-state index in [1.165, 1.54) is 6.07 Å². The van der Waals surface area contributed by atoms with E-state index in [1.54, 1.807) is 19.1 Å². The molecular weight excluding hydrogens is 329 g/mol. The number of rotatable bonds is 6. The fourth-order valence-electron chi connectivity index (χ4n) is 2.32. The molecule has 1 N–H and O–H groups in total. The fourth-order valence-corrected chi connectivity index (χ4v) is 2.79. The third kappa shape index (κ3) is 4.89. The summed E-state index contributed by atoms with van der Waals surface area (Å²) in [4.78, 5) is 12.1. The first kappa shape index (κ1) is 18.1. The van der Waals surface area contributed by atoms with E-state index in [9.17, 15) is 17.6 Å². The summed E-state index contributed by atoms with van der Waals surface area (Å²) in [6.07, 6.45) is 1.11. The van der Waals surface area contributed by atoms with Crippen LogP contribution >= 0.6 is 0 Å². The normalized spacial score (nSPS) is 12.6. The van der Waals surface area contributed by atoms with Gasteiger partial charge in [0.1, 0.15) is 15.7 Å². The van der Waals surface area contributed by atoms with Crippen molar-refractivity contribution in [2.75, 3.05) is 18.6 Å². The van der Waals surface area contributed by atoms with E-state index in [0.717, 1.165) is 11.8 Å². The molecule has 24 heavy (non-hydrogen) atoms. The van der Waals surface area contributed by atoms with Crippen molar-refractivity contribution in [3.63, 3.8) is 0 Å². The highest BCUT2D eigenvalue weighted by Gasteiger charge is 2.17. The van der Waals surface area contributed by atoms with Crippen molar-refractivity contribution in [3.8, 4) is 11.1 Å². The minimum Gasteiger partial charge on any atom is -0.355 e.